The summed E-state index contributed by atoms with van der Waals surface area (Å²) >= 11 is 0. The number of benzene rings is 1. The molecule has 1 aromatic carbocycles. The van der Waals surface area contributed by atoms with Crippen LogP contribution in [-0.2, 0) is 0 Å². The van der Waals surface area contributed by atoms with Gasteiger partial charge in [-0.1, -0.05) is 13.8 Å². The summed E-state index contributed by atoms with van der Waals surface area (Å²) in [5.41, 5.74) is -0.570. The molecule has 0 heterocycles. The van der Waals surface area contributed by atoms with E-state index in [0.29, 0.717) is 12.6 Å². The Morgan fingerprint density at radius 1 is 1.39 bits per heavy atom. The largest absolute Gasteiger partial charge is 0.314 e. The molecule has 6 heteroatoms. The van der Waals surface area contributed by atoms with Crippen molar-refractivity contribution in [2.24, 2.45) is 0 Å². The van der Waals surface area contributed by atoms with Gasteiger partial charge in [-0.05, 0) is 19.5 Å². The molecule has 0 aliphatic heterocycles. The van der Waals surface area contributed by atoms with Gasteiger partial charge in [-0.3, -0.25) is 10.1 Å². The van der Waals surface area contributed by atoms with E-state index in [2.05, 4.69) is 5.32 Å². The van der Waals surface area contributed by atoms with Crippen LogP contribution in [0.5, 0.6) is 0 Å². The fourth-order valence-corrected chi connectivity index (χ4v) is 1.89. The molecule has 100 valence electrons. The van der Waals surface area contributed by atoms with E-state index in [-0.39, 0.29) is 17.5 Å². The van der Waals surface area contributed by atoms with E-state index in [1.165, 1.54) is 0 Å². The molecule has 0 amide bonds. The topological polar surface area (TPSA) is 55.2 Å². The van der Waals surface area contributed by atoms with E-state index < -0.39 is 22.2 Å². The summed E-state index contributed by atoms with van der Waals surface area (Å²) in [6.45, 7) is 6.09. The molecule has 0 spiro atoms. The Labute approximate surface area is 104 Å². The lowest BCUT2D eigenvalue weighted by atomic mass is 9.92. The molecule has 1 N–H and O–H groups in total. The van der Waals surface area contributed by atoms with Crippen LogP contribution < -0.4 is 5.32 Å². The molecule has 0 aromatic heterocycles. The quantitative estimate of drug-likeness (QED) is 0.652. The Morgan fingerprint density at radius 3 is 2.50 bits per heavy atom. The molecule has 0 bridgehead atoms. The van der Waals surface area contributed by atoms with Gasteiger partial charge in [0.1, 0.15) is 5.82 Å². The van der Waals surface area contributed by atoms with Crippen LogP contribution in [0, 0.1) is 21.7 Å². The van der Waals surface area contributed by atoms with Crippen molar-refractivity contribution < 1.29 is 13.7 Å². The highest BCUT2D eigenvalue weighted by Gasteiger charge is 2.27. The highest BCUT2D eigenvalue weighted by atomic mass is 19.1. The average molecular weight is 258 g/mol. The van der Waals surface area contributed by atoms with E-state index in [4.69, 9.17) is 0 Å². The number of rotatable bonds is 5. The monoisotopic (exact) mass is 258 g/mol. The van der Waals surface area contributed by atoms with Crippen molar-refractivity contribution in [1.29, 1.82) is 0 Å². The summed E-state index contributed by atoms with van der Waals surface area (Å²) in [7, 11) is 0. The number of nitro groups is 1. The van der Waals surface area contributed by atoms with Gasteiger partial charge in [0.2, 0.25) is 5.82 Å². The smallest absolute Gasteiger partial charge is 0.308 e. The predicted molar refractivity (Wildman–Crippen MR) is 64.6 cm³/mol. The Kier molecular flexibility index (Phi) is 4.72. The van der Waals surface area contributed by atoms with Crippen LogP contribution in [0.3, 0.4) is 0 Å². The number of nitrogens with zero attached hydrogens (tertiary/aromatic N) is 1. The standard InChI is InChI=1S/C12H16F2N2O2/c1-4-15-8(3)7(2)10-5-9(13)6-11(14)12(10)16(17)18/h5-8,15H,4H2,1-3H3. The van der Waals surface area contributed by atoms with Gasteiger partial charge in [-0.15, -0.1) is 0 Å². The zero-order valence-corrected chi connectivity index (χ0v) is 10.5. The summed E-state index contributed by atoms with van der Waals surface area (Å²) in [6, 6.07) is 1.45. The van der Waals surface area contributed by atoms with Gasteiger partial charge in [-0.25, -0.2) is 4.39 Å². The normalized spacial score (nSPS) is 14.3. The molecule has 0 radical (unpaired) electrons. The van der Waals surface area contributed by atoms with Crippen LogP contribution in [0.4, 0.5) is 14.5 Å². The number of likely N-dealkylation sites (N-methyl/N-ethyl adjacent to an activating group) is 1. The minimum absolute atomic E-state index is 0.0750. The minimum Gasteiger partial charge on any atom is -0.314 e. The first-order chi connectivity index (χ1) is 8.38. The zero-order valence-electron chi connectivity index (χ0n) is 10.5. The number of nitrogens with one attached hydrogen (secondary N) is 1. The van der Waals surface area contributed by atoms with E-state index in [9.17, 15) is 18.9 Å². The number of hydrogen-bond acceptors (Lipinski definition) is 3. The van der Waals surface area contributed by atoms with Crippen molar-refractivity contribution in [3.63, 3.8) is 0 Å². The molecule has 2 atom stereocenters. The second-order valence-electron chi connectivity index (χ2n) is 4.22. The molecular formula is C12H16F2N2O2. The molecule has 4 nitrogen and oxygen atoms in total. The third-order valence-electron chi connectivity index (χ3n) is 3.01. The third kappa shape index (κ3) is 3.01. The van der Waals surface area contributed by atoms with Crippen molar-refractivity contribution in [2.75, 3.05) is 6.54 Å². The molecule has 18 heavy (non-hydrogen) atoms. The predicted octanol–water partition coefficient (Wildman–Crippen LogP) is 2.97. The lowest BCUT2D eigenvalue weighted by Crippen LogP contribution is -2.31. The van der Waals surface area contributed by atoms with Gasteiger partial charge >= 0.3 is 5.69 Å². The van der Waals surface area contributed by atoms with Crippen molar-refractivity contribution in [2.45, 2.75) is 32.7 Å². The minimum atomic E-state index is -1.13. The number of nitro benzene ring substituents is 1. The Morgan fingerprint density at radius 2 is 2.00 bits per heavy atom. The second kappa shape index (κ2) is 5.86. The maximum absolute atomic E-state index is 13.5. The van der Waals surface area contributed by atoms with Gasteiger partial charge in [0.15, 0.2) is 0 Å². The summed E-state index contributed by atoms with van der Waals surface area (Å²) in [5.74, 6) is -2.30. The molecule has 0 aliphatic carbocycles. The first-order valence-electron chi connectivity index (χ1n) is 5.75. The molecule has 0 aliphatic rings. The highest BCUT2D eigenvalue weighted by molar-refractivity contribution is 5.44. The van der Waals surface area contributed by atoms with Crippen LogP contribution in [0.25, 0.3) is 0 Å². The zero-order chi connectivity index (χ0) is 13.9. The van der Waals surface area contributed by atoms with E-state index in [1.807, 2.05) is 13.8 Å². The van der Waals surface area contributed by atoms with Crippen LogP contribution in [0.15, 0.2) is 12.1 Å². The van der Waals surface area contributed by atoms with Crippen molar-refractivity contribution in [3.8, 4) is 0 Å². The van der Waals surface area contributed by atoms with E-state index in [0.717, 1.165) is 6.07 Å². The maximum atomic E-state index is 13.5. The van der Waals surface area contributed by atoms with Crippen molar-refractivity contribution in [1.82, 2.24) is 5.32 Å². The van der Waals surface area contributed by atoms with E-state index >= 15 is 0 Å². The first-order valence-corrected chi connectivity index (χ1v) is 5.75. The van der Waals surface area contributed by atoms with Crippen LogP contribution in [0.1, 0.15) is 32.3 Å². The molecular weight excluding hydrogens is 242 g/mol. The molecule has 0 saturated carbocycles. The summed E-state index contributed by atoms with van der Waals surface area (Å²) in [4.78, 5) is 10.1. The van der Waals surface area contributed by atoms with Gasteiger partial charge in [0.05, 0.1) is 4.92 Å². The Bertz CT molecular complexity index is 452. The van der Waals surface area contributed by atoms with Gasteiger partial charge in [0, 0.05) is 23.6 Å². The molecule has 1 rings (SSSR count). The third-order valence-corrected chi connectivity index (χ3v) is 3.01. The lowest BCUT2D eigenvalue weighted by molar-refractivity contribution is -0.388. The Hall–Kier alpha value is -1.56. The molecule has 2 unspecified atom stereocenters. The van der Waals surface area contributed by atoms with Crippen LogP contribution >= 0.6 is 0 Å². The van der Waals surface area contributed by atoms with Crippen molar-refractivity contribution in [3.05, 3.63) is 39.4 Å². The molecule has 1 aromatic rings. The second-order valence-corrected chi connectivity index (χ2v) is 4.22. The SMILES string of the molecule is CCNC(C)C(C)c1cc(F)cc(F)c1[N+](=O)[O-]. The fraction of sp³-hybridized carbons (Fsp3) is 0.500. The number of halogens is 2. The summed E-state index contributed by atoms with van der Waals surface area (Å²) in [6.07, 6.45) is 0. The van der Waals surface area contributed by atoms with Gasteiger partial charge < -0.3 is 5.32 Å². The highest BCUT2D eigenvalue weighted by Crippen LogP contribution is 2.31. The van der Waals surface area contributed by atoms with Crippen LogP contribution in [0.2, 0.25) is 0 Å². The molecule has 0 fully saturated rings. The summed E-state index contributed by atoms with van der Waals surface area (Å²) in [5, 5.41) is 13.9. The van der Waals surface area contributed by atoms with Crippen LogP contribution in [-0.4, -0.2) is 17.5 Å². The lowest BCUT2D eigenvalue weighted by Gasteiger charge is -2.21. The van der Waals surface area contributed by atoms with Gasteiger partial charge in [0.25, 0.3) is 0 Å². The van der Waals surface area contributed by atoms with Gasteiger partial charge in [-0.2, -0.15) is 4.39 Å². The summed E-state index contributed by atoms with van der Waals surface area (Å²) < 4.78 is 26.7. The van der Waals surface area contributed by atoms with E-state index in [1.54, 1.807) is 6.92 Å². The van der Waals surface area contributed by atoms with Crippen molar-refractivity contribution >= 4 is 5.69 Å². The Balaban J connectivity index is 3.25. The number of hydrogen-bond donors (Lipinski definition) is 1. The maximum Gasteiger partial charge on any atom is 0.308 e. The average Bonchev–Trinajstić information content (AvgIpc) is 2.26. The molecule has 0 saturated heterocycles. The fourth-order valence-electron chi connectivity index (χ4n) is 1.89. The first kappa shape index (κ1) is 14.5.